The molecule has 15 heavy (non-hydrogen) atoms. The highest BCUT2D eigenvalue weighted by Crippen LogP contribution is 2.13. The van der Waals surface area contributed by atoms with Crippen LogP contribution in [-0.4, -0.2) is 29.9 Å². The first-order valence-electron chi connectivity index (χ1n) is 4.77. The number of esters is 1. The lowest BCUT2D eigenvalue weighted by Crippen LogP contribution is -2.29. The minimum atomic E-state index is -0.846. The van der Waals surface area contributed by atoms with Crippen molar-refractivity contribution in [2.75, 3.05) is 6.61 Å². The number of rotatable bonds is 3. The lowest BCUT2D eigenvalue weighted by Gasteiger charge is -2.10. The topological polar surface area (TPSA) is 55.8 Å². The Bertz CT molecular complexity index is 336. The van der Waals surface area contributed by atoms with E-state index < -0.39 is 18.2 Å². The second kappa shape index (κ2) is 4.42. The smallest absolute Gasteiger partial charge is 0.338 e. The van der Waals surface area contributed by atoms with Gasteiger partial charge in [0, 0.05) is 0 Å². The van der Waals surface area contributed by atoms with Crippen molar-refractivity contribution in [1.29, 1.82) is 0 Å². The van der Waals surface area contributed by atoms with Crippen molar-refractivity contribution in [3.8, 4) is 0 Å². The molecular formula is C11H12O4. The van der Waals surface area contributed by atoms with Crippen LogP contribution >= 0.6 is 0 Å². The summed E-state index contributed by atoms with van der Waals surface area (Å²) in [5.74, 6) is -0.488. The van der Waals surface area contributed by atoms with Gasteiger partial charge in [0.05, 0.1) is 6.61 Å². The minimum absolute atomic E-state index is 0.0261. The number of benzene rings is 1. The molecule has 0 saturated carbocycles. The molecule has 0 unspecified atom stereocenters. The van der Waals surface area contributed by atoms with Crippen molar-refractivity contribution in [3.05, 3.63) is 35.9 Å². The fourth-order valence-corrected chi connectivity index (χ4v) is 1.43. The fraction of sp³-hybridized carbons (Fsp3) is 0.364. The first kappa shape index (κ1) is 10.1. The molecule has 80 valence electrons. The summed E-state index contributed by atoms with van der Waals surface area (Å²) in [6.45, 7) is 0.329. The van der Waals surface area contributed by atoms with Gasteiger partial charge in [-0.15, -0.1) is 0 Å². The minimum Gasteiger partial charge on any atom is -0.461 e. The Hall–Kier alpha value is -1.39. The van der Waals surface area contributed by atoms with Crippen LogP contribution in [0.4, 0.5) is 0 Å². The predicted molar refractivity (Wildman–Crippen MR) is 52.0 cm³/mol. The highest BCUT2D eigenvalue weighted by Gasteiger charge is 2.36. The summed E-state index contributed by atoms with van der Waals surface area (Å²) in [6.07, 6.45) is -1.69. The molecule has 0 radical (unpaired) electrons. The lowest BCUT2D eigenvalue weighted by atomic mass is 10.2. The maximum atomic E-state index is 11.1. The van der Waals surface area contributed by atoms with Crippen LogP contribution in [0.5, 0.6) is 0 Å². The Morgan fingerprint density at radius 1 is 1.40 bits per heavy atom. The molecule has 1 aromatic rings. The van der Waals surface area contributed by atoms with Gasteiger partial charge >= 0.3 is 5.97 Å². The van der Waals surface area contributed by atoms with E-state index in [1.54, 1.807) is 0 Å². The molecule has 4 heteroatoms. The molecular weight excluding hydrogens is 196 g/mol. The van der Waals surface area contributed by atoms with Gasteiger partial charge in [-0.3, -0.25) is 0 Å². The number of carbonyl (C=O) groups is 1. The zero-order valence-corrected chi connectivity index (χ0v) is 8.13. The van der Waals surface area contributed by atoms with Gasteiger partial charge in [-0.1, -0.05) is 30.3 Å². The van der Waals surface area contributed by atoms with Gasteiger partial charge in [-0.2, -0.15) is 0 Å². The van der Waals surface area contributed by atoms with Crippen molar-refractivity contribution >= 4 is 5.97 Å². The van der Waals surface area contributed by atoms with E-state index in [0.717, 1.165) is 5.56 Å². The molecule has 1 fully saturated rings. The summed E-state index contributed by atoms with van der Waals surface area (Å²) in [7, 11) is 0. The Balaban J connectivity index is 1.91. The number of cyclic esters (lactones) is 1. The monoisotopic (exact) mass is 208 g/mol. The molecule has 0 amide bonds. The SMILES string of the molecule is O=C1OC[C@@H](O)[C@H]1OCc1ccccc1. The summed E-state index contributed by atoms with van der Waals surface area (Å²) in [4.78, 5) is 11.1. The third kappa shape index (κ3) is 2.34. The summed E-state index contributed by atoms with van der Waals surface area (Å²) >= 11 is 0. The zero-order chi connectivity index (χ0) is 10.7. The maximum Gasteiger partial charge on any atom is 0.338 e. The number of hydrogen-bond acceptors (Lipinski definition) is 4. The molecule has 1 saturated heterocycles. The average Bonchev–Trinajstić information content (AvgIpc) is 2.58. The highest BCUT2D eigenvalue weighted by molar-refractivity contribution is 5.77. The van der Waals surface area contributed by atoms with Gasteiger partial charge in [-0.05, 0) is 5.56 Å². The largest absolute Gasteiger partial charge is 0.461 e. The number of ether oxygens (including phenoxy) is 2. The molecule has 1 aliphatic rings. The Labute approximate surface area is 87.4 Å². The van der Waals surface area contributed by atoms with E-state index in [1.165, 1.54) is 0 Å². The fourth-order valence-electron chi connectivity index (χ4n) is 1.43. The normalized spacial score (nSPS) is 25.3. The number of hydrogen-bond donors (Lipinski definition) is 1. The second-order valence-corrected chi connectivity index (χ2v) is 3.41. The van der Waals surface area contributed by atoms with E-state index in [1.807, 2.05) is 30.3 Å². The van der Waals surface area contributed by atoms with Crippen molar-refractivity contribution in [3.63, 3.8) is 0 Å². The third-order valence-corrected chi connectivity index (χ3v) is 2.25. The molecule has 1 aliphatic heterocycles. The molecule has 1 N–H and O–H groups in total. The molecule has 2 rings (SSSR count). The van der Waals surface area contributed by atoms with Gasteiger partial charge in [0.1, 0.15) is 12.7 Å². The van der Waals surface area contributed by atoms with E-state index in [0.29, 0.717) is 6.61 Å². The van der Waals surface area contributed by atoms with Crippen LogP contribution in [0, 0.1) is 0 Å². The molecule has 0 bridgehead atoms. The van der Waals surface area contributed by atoms with E-state index >= 15 is 0 Å². The first-order valence-corrected chi connectivity index (χ1v) is 4.77. The second-order valence-electron chi connectivity index (χ2n) is 3.41. The summed E-state index contributed by atoms with van der Waals surface area (Å²) in [6, 6.07) is 9.48. The predicted octanol–water partition coefficient (Wildman–Crippen LogP) is 0.489. The van der Waals surface area contributed by atoms with E-state index in [2.05, 4.69) is 4.74 Å². The van der Waals surface area contributed by atoms with Gasteiger partial charge in [0.2, 0.25) is 0 Å². The summed E-state index contributed by atoms with van der Waals surface area (Å²) in [5.41, 5.74) is 0.962. The average molecular weight is 208 g/mol. The van der Waals surface area contributed by atoms with Gasteiger partial charge < -0.3 is 14.6 Å². The molecule has 4 nitrogen and oxygen atoms in total. The summed E-state index contributed by atoms with van der Waals surface area (Å²) < 4.78 is 9.94. The van der Waals surface area contributed by atoms with Gasteiger partial charge in [-0.25, -0.2) is 4.79 Å². The molecule has 1 aromatic carbocycles. The quantitative estimate of drug-likeness (QED) is 0.734. The third-order valence-electron chi connectivity index (χ3n) is 2.25. The standard InChI is InChI=1S/C11H12O4/c12-9-7-15-11(13)10(9)14-6-8-4-2-1-3-5-8/h1-5,9-10,12H,6-7H2/t9-,10-/m1/s1. The summed E-state index contributed by atoms with van der Waals surface area (Å²) in [5, 5.41) is 9.37. The molecule has 2 atom stereocenters. The molecule has 0 aromatic heterocycles. The van der Waals surface area contributed by atoms with Crippen molar-refractivity contribution in [2.24, 2.45) is 0 Å². The Morgan fingerprint density at radius 2 is 2.13 bits per heavy atom. The number of carbonyl (C=O) groups excluding carboxylic acids is 1. The van der Waals surface area contributed by atoms with Crippen molar-refractivity contribution in [1.82, 2.24) is 0 Å². The molecule has 1 heterocycles. The lowest BCUT2D eigenvalue weighted by molar-refractivity contribution is -0.149. The van der Waals surface area contributed by atoms with Gasteiger partial charge in [0.25, 0.3) is 0 Å². The zero-order valence-electron chi connectivity index (χ0n) is 8.13. The maximum absolute atomic E-state index is 11.1. The van der Waals surface area contributed by atoms with Crippen molar-refractivity contribution in [2.45, 2.75) is 18.8 Å². The first-order chi connectivity index (χ1) is 7.27. The van der Waals surface area contributed by atoms with Crippen LogP contribution in [0.1, 0.15) is 5.56 Å². The molecule has 0 aliphatic carbocycles. The van der Waals surface area contributed by atoms with E-state index in [9.17, 15) is 9.90 Å². The number of aliphatic hydroxyl groups is 1. The van der Waals surface area contributed by atoms with Crippen LogP contribution in [0.2, 0.25) is 0 Å². The Morgan fingerprint density at radius 3 is 2.73 bits per heavy atom. The van der Waals surface area contributed by atoms with E-state index in [4.69, 9.17) is 4.74 Å². The van der Waals surface area contributed by atoms with Crippen LogP contribution in [0.15, 0.2) is 30.3 Å². The van der Waals surface area contributed by atoms with Crippen LogP contribution in [0.3, 0.4) is 0 Å². The van der Waals surface area contributed by atoms with Crippen LogP contribution < -0.4 is 0 Å². The van der Waals surface area contributed by atoms with Gasteiger partial charge in [0.15, 0.2) is 6.10 Å². The van der Waals surface area contributed by atoms with Crippen LogP contribution in [-0.2, 0) is 20.9 Å². The highest BCUT2D eigenvalue weighted by atomic mass is 16.6. The molecule has 0 spiro atoms. The number of aliphatic hydroxyl groups excluding tert-OH is 1. The van der Waals surface area contributed by atoms with Crippen LogP contribution in [0.25, 0.3) is 0 Å². The Kier molecular flexibility index (Phi) is 2.99. The van der Waals surface area contributed by atoms with Crippen molar-refractivity contribution < 1.29 is 19.4 Å². The van der Waals surface area contributed by atoms with E-state index in [-0.39, 0.29) is 6.61 Å².